The van der Waals surface area contributed by atoms with E-state index < -0.39 is 0 Å². The SMILES string of the molecule is CCCc1noc(CCCC(=O)N2CCN(C(=O)c3ccc(C)c(F)c3)CC2)n1. The van der Waals surface area contributed by atoms with Gasteiger partial charge in [-0.05, 0) is 37.5 Å². The van der Waals surface area contributed by atoms with E-state index in [4.69, 9.17) is 4.52 Å². The number of carbonyl (C=O) groups excluding carboxylic acids is 2. The molecule has 2 aromatic rings. The first kappa shape index (κ1) is 21.0. The van der Waals surface area contributed by atoms with Crippen LogP contribution in [0.1, 0.15) is 53.8 Å². The molecule has 1 saturated heterocycles. The van der Waals surface area contributed by atoms with Crippen molar-refractivity contribution in [2.24, 2.45) is 0 Å². The number of piperazine rings is 1. The molecule has 1 aliphatic rings. The number of rotatable bonds is 7. The molecule has 2 heterocycles. The Morgan fingerprint density at radius 2 is 1.86 bits per heavy atom. The molecule has 0 N–H and O–H groups in total. The van der Waals surface area contributed by atoms with E-state index >= 15 is 0 Å². The van der Waals surface area contributed by atoms with Crippen molar-refractivity contribution in [2.45, 2.75) is 46.0 Å². The number of halogens is 1. The fourth-order valence-electron chi connectivity index (χ4n) is 3.33. The Morgan fingerprint density at radius 1 is 1.14 bits per heavy atom. The third kappa shape index (κ3) is 5.40. The average Bonchev–Trinajstić information content (AvgIpc) is 3.17. The summed E-state index contributed by atoms with van der Waals surface area (Å²) in [4.78, 5) is 32.7. The van der Waals surface area contributed by atoms with Gasteiger partial charge in [-0.3, -0.25) is 9.59 Å². The van der Waals surface area contributed by atoms with E-state index in [1.54, 1.807) is 28.9 Å². The van der Waals surface area contributed by atoms with Crippen LogP contribution in [0.2, 0.25) is 0 Å². The molecule has 2 amide bonds. The minimum absolute atomic E-state index is 0.0618. The van der Waals surface area contributed by atoms with Gasteiger partial charge in [0.2, 0.25) is 11.8 Å². The predicted octanol–water partition coefficient (Wildman–Crippen LogP) is 2.78. The van der Waals surface area contributed by atoms with Gasteiger partial charge in [-0.25, -0.2) is 4.39 Å². The highest BCUT2D eigenvalue weighted by atomic mass is 19.1. The fraction of sp³-hybridized carbons (Fsp3) is 0.524. The molecule has 1 aromatic heterocycles. The second-order valence-corrected chi connectivity index (χ2v) is 7.34. The largest absolute Gasteiger partial charge is 0.339 e. The lowest BCUT2D eigenvalue weighted by atomic mass is 10.1. The second-order valence-electron chi connectivity index (χ2n) is 7.34. The van der Waals surface area contributed by atoms with Crippen LogP contribution in [0.3, 0.4) is 0 Å². The zero-order valence-electron chi connectivity index (χ0n) is 17.0. The minimum Gasteiger partial charge on any atom is -0.339 e. The summed E-state index contributed by atoms with van der Waals surface area (Å²) in [5.74, 6) is 0.764. The van der Waals surface area contributed by atoms with Gasteiger partial charge >= 0.3 is 0 Å². The van der Waals surface area contributed by atoms with Crippen molar-refractivity contribution >= 4 is 11.8 Å². The quantitative estimate of drug-likeness (QED) is 0.712. The Labute approximate surface area is 169 Å². The zero-order valence-corrected chi connectivity index (χ0v) is 17.0. The molecule has 0 unspecified atom stereocenters. The molecule has 29 heavy (non-hydrogen) atoms. The van der Waals surface area contributed by atoms with Crippen LogP contribution < -0.4 is 0 Å². The van der Waals surface area contributed by atoms with Crippen LogP contribution in [0.5, 0.6) is 0 Å². The number of aryl methyl sites for hydroxylation is 3. The molecule has 0 radical (unpaired) electrons. The molecule has 7 nitrogen and oxygen atoms in total. The molecule has 1 aliphatic heterocycles. The summed E-state index contributed by atoms with van der Waals surface area (Å²) in [6.45, 7) is 5.59. The first-order valence-electron chi connectivity index (χ1n) is 10.1. The van der Waals surface area contributed by atoms with Crippen LogP contribution in [-0.2, 0) is 17.6 Å². The molecular weight excluding hydrogens is 375 g/mol. The summed E-state index contributed by atoms with van der Waals surface area (Å²) in [6, 6.07) is 4.53. The molecule has 8 heteroatoms. The molecule has 0 spiro atoms. The van der Waals surface area contributed by atoms with Crippen LogP contribution in [0.4, 0.5) is 4.39 Å². The van der Waals surface area contributed by atoms with Gasteiger partial charge in [0, 0.05) is 51.0 Å². The summed E-state index contributed by atoms with van der Waals surface area (Å²) in [5.41, 5.74) is 0.856. The maximum atomic E-state index is 13.7. The van der Waals surface area contributed by atoms with E-state index in [9.17, 15) is 14.0 Å². The van der Waals surface area contributed by atoms with E-state index in [2.05, 4.69) is 17.1 Å². The second kappa shape index (κ2) is 9.62. The van der Waals surface area contributed by atoms with Crippen molar-refractivity contribution in [2.75, 3.05) is 26.2 Å². The lowest BCUT2D eigenvalue weighted by molar-refractivity contribution is -0.132. The van der Waals surface area contributed by atoms with Crippen molar-refractivity contribution in [1.82, 2.24) is 19.9 Å². The molecule has 3 rings (SSSR count). The van der Waals surface area contributed by atoms with Gasteiger partial charge in [-0.15, -0.1) is 0 Å². The molecule has 0 saturated carbocycles. The monoisotopic (exact) mass is 402 g/mol. The number of benzene rings is 1. The van der Waals surface area contributed by atoms with Gasteiger partial charge in [0.15, 0.2) is 5.82 Å². The van der Waals surface area contributed by atoms with Crippen LogP contribution in [0.25, 0.3) is 0 Å². The maximum Gasteiger partial charge on any atom is 0.254 e. The number of carbonyl (C=O) groups is 2. The average molecular weight is 402 g/mol. The van der Waals surface area contributed by atoms with Gasteiger partial charge < -0.3 is 14.3 Å². The molecular formula is C21H27FN4O3. The van der Waals surface area contributed by atoms with Crippen molar-refractivity contribution in [1.29, 1.82) is 0 Å². The van der Waals surface area contributed by atoms with Crippen LogP contribution >= 0.6 is 0 Å². The maximum absolute atomic E-state index is 13.7. The van der Waals surface area contributed by atoms with E-state index in [0.717, 1.165) is 12.8 Å². The van der Waals surface area contributed by atoms with Gasteiger partial charge in [0.25, 0.3) is 5.91 Å². The van der Waals surface area contributed by atoms with E-state index in [0.29, 0.717) is 68.3 Å². The first-order valence-corrected chi connectivity index (χ1v) is 10.1. The van der Waals surface area contributed by atoms with Gasteiger partial charge in [0.05, 0.1) is 0 Å². The smallest absolute Gasteiger partial charge is 0.254 e. The Morgan fingerprint density at radius 3 is 2.55 bits per heavy atom. The van der Waals surface area contributed by atoms with Gasteiger partial charge in [-0.1, -0.05) is 18.1 Å². The van der Waals surface area contributed by atoms with Crippen LogP contribution in [-0.4, -0.2) is 57.9 Å². The number of aromatic nitrogens is 2. The predicted molar refractivity (Wildman–Crippen MR) is 105 cm³/mol. The van der Waals surface area contributed by atoms with Crippen molar-refractivity contribution in [3.05, 3.63) is 46.9 Å². The standard InChI is InChI=1S/C21H27FN4O3/c1-3-5-18-23-19(29-24-18)6-4-7-20(27)25-10-12-26(13-11-25)21(28)16-9-8-15(2)17(22)14-16/h8-9,14H,3-7,10-13H2,1-2H3. The minimum atomic E-state index is -0.382. The highest BCUT2D eigenvalue weighted by Gasteiger charge is 2.25. The van der Waals surface area contributed by atoms with E-state index in [1.165, 1.54) is 6.07 Å². The summed E-state index contributed by atoms with van der Waals surface area (Å²) in [6.07, 6.45) is 3.39. The third-order valence-electron chi connectivity index (χ3n) is 5.10. The summed E-state index contributed by atoms with van der Waals surface area (Å²) < 4.78 is 18.9. The van der Waals surface area contributed by atoms with Crippen molar-refractivity contribution in [3.63, 3.8) is 0 Å². The summed E-state index contributed by atoms with van der Waals surface area (Å²) >= 11 is 0. The lowest BCUT2D eigenvalue weighted by Gasteiger charge is -2.35. The Balaban J connectivity index is 1.42. The zero-order chi connectivity index (χ0) is 20.8. The normalized spacial score (nSPS) is 14.3. The van der Waals surface area contributed by atoms with Crippen molar-refractivity contribution in [3.8, 4) is 0 Å². The Kier molecular flexibility index (Phi) is 6.95. The highest BCUT2D eigenvalue weighted by Crippen LogP contribution is 2.14. The first-order chi connectivity index (χ1) is 14.0. The number of hydrogen-bond donors (Lipinski definition) is 0. The van der Waals surface area contributed by atoms with Gasteiger partial charge in [-0.2, -0.15) is 4.98 Å². The Hall–Kier alpha value is -2.77. The lowest BCUT2D eigenvalue weighted by Crippen LogP contribution is -2.50. The van der Waals surface area contributed by atoms with Gasteiger partial charge in [0.1, 0.15) is 5.82 Å². The molecule has 1 aromatic carbocycles. The molecule has 0 aliphatic carbocycles. The van der Waals surface area contributed by atoms with Crippen molar-refractivity contribution < 1.29 is 18.5 Å². The fourth-order valence-corrected chi connectivity index (χ4v) is 3.33. The molecule has 156 valence electrons. The summed E-state index contributed by atoms with van der Waals surface area (Å²) in [7, 11) is 0. The van der Waals surface area contributed by atoms with Crippen LogP contribution in [0, 0.1) is 12.7 Å². The molecule has 0 atom stereocenters. The third-order valence-corrected chi connectivity index (χ3v) is 5.10. The topological polar surface area (TPSA) is 79.5 Å². The van der Waals surface area contributed by atoms with E-state index in [1.807, 2.05) is 0 Å². The molecule has 0 bridgehead atoms. The van der Waals surface area contributed by atoms with E-state index in [-0.39, 0.29) is 17.6 Å². The Bertz CT molecular complexity index is 859. The number of nitrogens with zero attached hydrogens (tertiary/aromatic N) is 4. The number of amides is 2. The molecule has 1 fully saturated rings. The highest BCUT2D eigenvalue weighted by molar-refractivity contribution is 5.94. The van der Waals surface area contributed by atoms with Crippen LogP contribution in [0.15, 0.2) is 22.7 Å². The summed E-state index contributed by atoms with van der Waals surface area (Å²) in [5, 5.41) is 3.91. The number of hydrogen-bond acceptors (Lipinski definition) is 5.